The zero-order valence-corrected chi connectivity index (χ0v) is 9.98. The maximum absolute atomic E-state index is 9.36. The Bertz CT molecular complexity index is 464. The standard InChI is InChI=1S/C10H9BrO2S/c1-2-13-7-3-6-4-9(12)14-10(6)8(11)5-7/h3-5,12H,2H2,1H3. The fraction of sp³-hybridized carbons (Fsp3) is 0.200. The number of hydrogen-bond acceptors (Lipinski definition) is 3. The smallest absolute Gasteiger partial charge is 0.172 e. The van der Waals surface area contributed by atoms with Gasteiger partial charge in [-0.15, -0.1) is 0 Å². The van der Waals surface area contributed by atoms with Crippen LogP contribution in [0, 0.1) is 0 Å². The van der Waals surface area contributed by atoms with Gasteiger partial charge in [0.15, 0.2) is 5.06 Å². The van der Waals surface area contributed by atoms with Crippen LogP contribution in [0.1, 0.15) is 6.92 Å². The van der Waals surface area contributed by atoms with E-state index in [0.717, 1.165) is 20.3 Å². The minimum atomic E-state index is 0.328. The van der Waals surface area contributed by atoms with E-state index < -0.39 is 0 Å². The van der Waals surface area contributed by atoms with Crippen molar-refractivity contribution < 1.29 is 9.84 Å². The van der Waals surface area contributed by atoms with Crippen molar-refractivity contribution in [2.24, 2.45) is 0 Å². The number of benzene rings is 1. The number of fused-ring (bicyclic) bond motifs is 1. The molecule has 1 heterocycles. The molecule has 0 saturated carbocycles. The van der Waals surface area contributed by atoms with E-state index in [1.807, 2.05) is 19.1 Å². The Morgan fingerprint density at radius 3 is 2.93 bits per heavy atom. The number of hydrogen-bond donors (Lipinski definition) is 1. The Balaban J connectivity index is 2.59. The molecule has 4 heteroatoms. The summed E-state index contributed by atoms with van der Waals surface area (Å²) in [7, 11) is 0. The SMILES string of the molecule is CCOc1cc(Br)c2sc(O)cc2c1. The molecule has 0 unspecified atom stereocenters. The first-order valence-electron chi connectivity index (χ1n) is 4.25. The highest BCUT2D eigenvalue weighted by molar-refractivity contribution is 9.10. The molecule has 0 aliphatic heterocycles. The molecule has 2 rings (SSSR count). The van der Waals surface area contributed by atoms with Gasteiger partial charge in [-0.1, -0.05) is 11.3 Å². The van der Waals surface area contributed by atoms with Crippen LogP contribution in [-0.2, 0) is 0 Å². The zero-order valence-electron chi connectivity index (χ0n) is 7.58. The second kappa shape index (κ2) is 3.79. The van der Waals surface area contributed by atoms with Crippen molar-refractivity contribution >= 4 is 37.4 Å². The molecule has 1 aromatic carbocycles. The lowest BCUT2D eigenvalue weighted by Gasteiger charge is -2.03. The number of aromatic hydroxyl groups is 1. The van der Waals surface area contributed by atoms with Gasteiger partial charge in [0.05, 0.1) is 11.3 Å². The molecule has 0 bridgehead atoms. The molecule has 0 radical (unpaired) electrons. The van der Waals surface area contributed by atoms with Crippen LogP contribution in [0.15, 0.2) is 22.7 Å². The lowest BCUT2D eigenvalue weighted by molar-refractivity contribution is 0.340. The van der Waals surface area contributed by atoms with Crippen LogP contribution in [0.2, 0.25) is 0 Å². The maximum Gasteiger partial charge on any atom is 0.172 e. The van der Waals surface area contributed by atoms with Crippen LogP contribution in [0.5, 0.6) is 10.8 Å². The van der Waals surface area contributed by atoms with Crippen LogP contribution in [0.25, 0.3) is 10.1 Å². The predicted octanol–water partition coefficient (Wildman–Crippen LogP) is 3.77. The zero-order chi connectivity index (χ0) is 10.1. The van der Waals surface area contributed by atoms with Crippen molar-refractivity contribution in [1.82, 2.24) is 0 Å². The van der Waals surface area contributed by atoms with E-state index in [1.165, 1.54) is 11.3 Å². The summed E-state index contributed by atoms with van der Waals surface area (Å²) in [6.45, 7) is 2.59. The molecule has 2 aromatic rings. The molecule has 0 spiro atoms. The molecule has 0 aliphatic rings. The maximum atomic E-state index is 9.36. The van der Waals surface area contributed by atoms with Crippen molar-refractivity contribution in [3.05, 3.63) is 22.7 Å². The Morgan fingerprint density at radius 1 is 1.43 bits per heavy atom. The lowest BCUT2D eigenvalue weighted by Crippen LogP contribution is -1.90. The first kappa shape index (κ1) is 9.80. The number of halogens is 1. The summed E-state index contributed by atoms with van der Waals surface area (Å²) in [5, 5.41) is 10.7. The summed E-state index contributed by atoms with van der Waals surface area (Å²) in [4.78, 5) is 0. The molecule has 0 fully saturated rings. The minimum Gasteiger partial charge on any atom is -0.499 e. The highest BCUT2D eigenvalue weighted by Gasteiger charge is 2.06. The fourth-order valence-electron chi connectivity index (χ4n) is 1.32. The Kier molecular flexibility index (Phi) is 2.65. The third kappa shape index (κ3) is 1.72. The predicted molar refractivity (Wildman–Crippen MR) is 62.4 cm³/mol. The monoisotopic (exact) mass is 272 g/mol. The van der Waals surface area contributed by atoms with Crippen LogP contribution in [0.4, 0.5) is 0 Å². The van der Waals surface area contributed by atoms with Crippen molar-refractivity contribution in [2.75, 3.05) is 6.61 Å². The molecule has 2 nitrogen and oxygen atoms in total. The first-order chi connectivity index (χ1) is 6.70. The van der Waals surface area contributed by atoms with Crippen LogP contribution >= 0.6 is 27.3 Å². The van der Waals surface area contributed by atoms with Gasteiger partial charge in [0.1, 0.15) is 5.75 Å². The van der Waals surface area contributed by atoms with Gasteiger partial charge in [-0.2, -0.15) is 0 Å². The third-order valence-corrected chi connectivity index (χ3v) is 3.72. The normalized spacial score (nSPS) is 10.7. The minimum absolute atomic E-state index is 0.328. The largest absolute Gasteiger partial charge is 0.499 e. The lowest BCUT2D eigenvalue weighted by atomic mass is 10.2. The summed E-state index contributed by atoms with van der Waals surface area (Å²) in [5.74, 6) is 0.824. The Hall–Kier alpha value is -0.740. The quantitative estimate of drug-likeness (QED) is 0.902. The van der Waals surface area contributed by atoms with Gasteiger partial charge in [-0.05, 0) is 41.1 Å². The topological polar surface area (TPSA) is 29.5 Å². The molecule has 14 heavy (non-hydrogen) atoms. The second-order valence-electron chi connectivity index (χ2n) is 2.84. The molecular formula is C10H9BrO2S. The average molecular weight is 273 g/mol. The number of rotatable bonds is 2. The van der Waals surface area contributed by atoms with Crippen LogP contribution in [0.3, 0.4) is 0 Å². The molecule has 0 atom stereocenters. The highest BCUT2D eigenvalue weighted by Crippen LogP contribution is 2.38. The van der Waals surface area contributed by atoms with Gasteiger partial charge in [-0.25, -0.2) is 0 Å². The molecule has 0 amide bonds. The highest BCUT2D eigenvalue weighted by atomic mass is 79.9. The molecule has 1 aromatic heterocycles. The van der Waals surface area contributed by atoms with Gasteiger partial charge in [0.2, 0.25) is 0 Å². The van der Waals surface area contributed by atoms with Gasteiger partial charge in [-0.3, -0.25) is 0 Å². The van der Waals surface area contributed by atoms with E-state index in [-0.39, 0.29) is 0 Å². The van der Waals surface area contributed by atoms with E-state index in [1.54, 1.807) is 6.07 Å². The van der Waals surface area contributed by atoms with Crippen molar-refractivity contribution in [1.29, 1.82) is 0 Å². The summed E-state index contributed by atoms with van der Waals surface area (Å²) in [6.07, 6.45) is 0. The second-order valence-corrected chi connectivity index (χ2v) is 4.73. The van der Waals surface area contributed by atoms with E-state index in [0.29, 0.717) is 11.7 Å². The van der Waals surface area contributed by atoms with E-state index in [4.69, 9.17) is 4.74 Å². The van der Waals surface area contributed by atoms with Crippen LogP contribution < -0.4 is 4.74 Å². The van der Waals surface area contributed by atoms with Gasteiger partial charge >= 0.3 is 0 Å². The van der Waals surface area contributed by atoms with Crippen molar-refractivity contribution in [3.63, 3.8) is 0 Å². The van der Waals surface area contributed by atoms with Crippen LogP contribution in [-0.4, -0.2) is 11.7 Å². The fourth-order valence-corrected chi connectivity index (χ4v) is 2.81. The average Bonchev–Trinajstić information content (AvgIpc) is 2.47. The summed E-state index contributed by atoms with van der Waals surface area (Å²) >= 11 is 4.81. The molecule has 74 valence electrons. The molecular weight excluding hydrogens is 264 g/mol. The summed E-state index contributed by atoms with van der Waals surface area (Å²) in [6, 6.07) is 5.59. The van der Waals surface area contributed by atoms with Gasteiger partial charge in [0, 0.05) is 9.86 Å². The summed E-state index contributed by atoms with van der Waals surface area (Å²) in [5.41, 5.74) is 0. The number of thiophene rings is 1. The van der Waals surface area contributed by atoms with Gasteiger partial charge in [0.25, 0.3) is 0 Å². The van der Waals surface area contributed by atoms with E-state index in [2.05, 4.69) is 15.9 Å². The first-order valence-corrected chi connectivity index (χ1v) is 5.86. The molecule has 1 N–H and O–H groups in total. The summed E-state index contributed by atoms with van der Waals surface area (Å²) < 4.78 is 7.41. The molecule has 0 saturated heterocycles. The third-order valence-electron chi connectivity index (χ3n) is 1.84. The Labute approximate surface area is 94.3 Å². The molecule has 0 aliphatic carbocycles. The van der Waals surface area contributed by atoms with Crippen molar-refractivity contribution in [2.45, 2.75) is 6.92 Å². The number of ether oxygens (including phenoxy) is 1. The Morgan fingerprint density at radius 2 is 2.21 bits per heavy atom. The van der Waals surface area contributed by atoms with E-state index >= 15 is 0 Å². The van der Waals surface area contributed by atoms with Crippen molar-refractivity contribution in [3.8, 4) is 10.8 Å². The van der Waals surface area contributed by atoms with Gasteiger partial charge < -0.3 is 9.84 Å². The van der Waals surface area contributed by atoms with E-state index in [9.17, 15) is 5.11 Å².